The van der Waals surface area contributed by atoms with Crippen molar-refractivity contribution in [2.24, 2.45) is 23.2 Å². The van der Waals surface area contributed by atoms with Gasteiger partial charge < -0.3 is 4.90 Å². The number of anilines is 1. The number of rotatable bonds is 4. The molecule has 1 saturated heterocycles. The highest BCUT2D eigenvalue weighted by Gasteiger charge is 2.55. The number of benzene rings is 1. The molecule has 1 heteroatoms. The Labute approximate surface area is 175 Å². The molecule has 0 aromatic heterocycles. The van der Waals surface area contributed by atoms with Crippen LogP contribution in [-0.2, 0) is 0 Å². The third-order valence-corrected chi connectivity index (χ3v) is 7.92. The summed E-state index contributed by atoms with van der Waals surface area (Å²) in [6, 6.07) is 7.05. The van der Waals surface area contributed by atoms with Crippen molar-refractivity contribution in [3.63, 3.8) is 0 Å². The van der Waals surface area contributed by atoms with E-state index in [1.807, 2.05) is 0 Å². The summed E-state index contributed by atoms with van der Waals surface area (Å²) in [6.07, 6.45) is 5.60. The first-order valence-corrected chi connectivity index (χ1v) is 11.9. The van der Waals surface area contributed by atoms with Gasteiger partial charge in [0, 0.05) is 17.8 Å². The maximum atomic E-state index is 2.85. The highest BCUT2D eigenvalue weighted by Crippen LogP contribution is 2.58. The first-order valence-electron chi connectivity index (χ1n) is 11.9. The molecule has 1 spiro atoms. The lowest BCUT2D eigenvalue weighted by Gasteiger charge is -2.46. The molecule has 1 aliphatic carbocycles. The van der Waals surface area contributed by atoms with E-state index < -0.39 is 0 Å². The molecule has 1 aromatic carbocycles. The molecule has 0 amide bonds. The SMILES string of the molecule is CC1CC[C@@H](C(C)C)[C@]2(C1)CN(c1c(C(C)C)cccc1C(C)C)C(C)(C)C2. The van der Waals surface area contributed by atoms with Gasteiger partial charge in [-0.15, -0.1) is 0 Å². The Hall–Kier alpha value is -0.980. The van der Waals surface area contributed by atoms with Gasteiger partial charge in [0.15, 0.2) is 0 Å². The molecule has 1 aliphatic heterocycles. The van der Waals surface area contributed by atoms with Crippen LogP contribution in [0.1, 0.15) is 111 Å². The van der Waals surface area contributed by atoms with Crippen LogP contribution in [0, 0.1) is 23.2 Å². The molecule has 1 heterocycles. The summed E-state index contributed by atoms with van der Waals surface area (Å²) in [6.45, 7) is 23.2. The van der Waals surface area contributed by atoms with Gasteiger partial charge in [-0.2, -0.15) is 0 Å². The van der Waals surface area contributed by atoms with Crippen molar-refractivity contribution < 1.29 is 0 Å². The highest BCUT2D eigenvalue weighted by atomic mass is 15.2. The van der Waals surface area contributed by atoms with E-state index in [1.165, 1.54) is 32.2 Å². The Morgan fingerprint density at radius 2 is 1.50 bits per heavy atom. The van der Waals surface area contributed by atoms with Crippen LogP contribution in [0.4, 0.5) is 5.69 Å². The van der Waals surface area contributed by atoms with Crippen molar-refractivity contribution in [1.29, 1.82) is 0 Å². The molecule has 3 atom stereocenters. The van der Waals surface area contributed by atoms with Crippen molar-refractivity contribution in [1.82, 2.24) is 0 Å². The molecule has 2 aliphatic rings. The molecule has 1 nitrogen and oxygen atoms in total. The van der Waals surface area contributed by atoms with Crippen molar-refractivity contribution in [2.75, 3.05) is 11.4 Å². The van der Waals surface area contributed by atoms with Crippen LogP contribution in [0.2, 0.25) is 0 Å². The van der Waals surface area contributed by atoms with Gasteiger partial charge in [0.2, 0.25) is 0 Å². The summed E-state index contributed by atoms with van der Waals surface area (Å²) < 4.78 is 0. The van der Waals surface area contributed by atoms with Gasteiger partial charge in [0.1, 0.15) is 0 Å². The minimum absolute atomic E-state index is 0.221. The Kier molecular flexibility index (Phi) is 5.97. The van der Waals surface area contributed by atoms with Crippen molar-refractivity contribution >= 4 is 5.69 Å². The minimum atomic E-state index is 0.221. The monoisotopic (exact) mass is 383 g/mol. The van der Waals surface area contributed by atoms with Gasteiger partial charge >= 0.3 is 0 Å². The number of hydrogen-bond acceptors (Lipinski definition) is 1. The van der Waals surface area contributed by atoms with Crippen LogP contribution in [-0.4, -0.2) is 12.1 Å². The van der Waals surface area contributed by atoms with Crippen LogP contribution in [0.5, 0.6) is 0 Å². The first kappa shape index (κ1) is 21.7. The third kappa shape index (κ3) is 3.75. The average Bonchev–Trinajstić information content (AvgIpc) is 2.83. The minimum Gasteiger partial charge on any atom is -0.365 e. The summed E-state index contributed by atoms with van der Waals surface area (Å²) in [7, 11) is 0. The maximum Gasteiger partial charge on any atom is 0.0441 e. The molecule has 3 rings (SSSR count). The molecule has 0 bridgehead atoms. The van der Waals surface area contributed by atoms with Crippen LogP contribution >= 0.6 is 0 Å². The molecule has 2 fully saturated rings. The zero-order valence-electron chi connectivity index (χ0n) is 20.1. The Balaban J connectivity index is 2.11. The smallest absolute Gasteiger partial charge is 0.0441 e. The largest absolute Gasteiger partial charge is 0.365 e. The Morgan fingerprint density at radius 3 is 2.00 bits per heavy atom. The normalized spacial score (nSPS) is 30.2. The van der Waals surface area contributed by atoms with Gasteiger partial charge in [-0.3, -0.25) is 0 Å². The van der Waals surface area contributed by atoms with Crippen LogP contribution < -0.4 is 4.90 Å². The lowest BCUT2D eigenvalue weighted by Crippen LogP contribution is -2.42. The van der Waals surface area contributed by atoms with Crippen molar-refractivity contribution in [3.8, 4) is 0 Å². The predicted octanol–water partition coefficient (Wildman–Crippen LogP) is 8.00. The van der Waals surface area contributed by atoms with Crippen molar-refractivity contribution in [2.45, 2.75) is 105 Å². The number of hydrogen-bond donors (Lipinski definition) is 0. The van der Waals surface area contributed by atoms with Crippen LogP contribution in [0.3, 0.4) is 0 Å². The van der Waals surface area contributed by atoms with E-state index >= 15 is 0 Å². The van der Waals surface area contributed by atoms with Gasteiger partial charge in [0.05, 0.1) is 0 Å². The summed E-state index contributed by atoms with van der Waals surface area (Å²) in [5.41, 5.74) is 5.35. The predicted molar refractivity (Wildman–Crippen MR) is 124 cm³/mol. The third-order valence-electron chi connectivity index (χ3n) is 7.92. The molecule has 28 heavy (non-hydrogen) atoms. The van der Waals surface area contributed by atoms with E-state index in [2.05, 4.69) is 85.4 Å². The quantitative estimate of drug-likeness (QED) is 0.509. The molecule has 1 saturated carbocycles. The topological polar surface area (TPSA) is 3.24 Å². The zero-order chi connectivity index (χ0) is 20.9. The number of nitrogens with zero attached hydrogens (tertiary/aromatic N) is 1. The molecule has 0 N–H and O–H groups in total. The second kappa shape index (κ2) is 7.69. The van der Waals surface area contributed by atoms with E-state index in [1.54, 1.807) is 16.8 Å². The molecular formula is C27H45N. The van der Waals surface area contributed by atoms with Gasteiger partial charge in [-0.05, 0) is 79.2 Å². The van der Waals surface area contributed by atoms with E-state index in [0.717, 1.165) is 17.8 Å². The van der Waals surface area contributed by atoms with Crippen LogP contribution in [0.15, 0.2) is 18.2 Å². The standard InChI is InChI=1S/C27H45N/c1-18(2)22-11-10-12-23(19(3)4)25(22)28-17-27(16-26(28,8)9)15-21(7)13-14-24(27)20(5)6/h10-12,18-21,24H,13-17H2,1-9H3/t21?,24-,27-/m0/s1. The second-order valence-electron chi connectivity index (χ2n) is 11.8. The van der Waals surface area contributed by atoms with E-state index in [4.69, 9.17) is 0 Å². The second-order valence-corrected chi connectivity index (χ2v) is 11.8. The zero-order valence-corrected chi connectivity index (χ0v) is 20.1. The summed E-state index contributed by atoms with van der Waals surface area (Å²) in [4.78, 5) is 2.85. The molecular weight excluding hydrogens is 338 g/mol. The summed E-state index contributed by atoms with van der Waals surface area (Å²) in [5.74, 6) is 3.64. The van der Waals surface area contributed by atoms with Gasteiger partial charge in [0.25, 0.3) is 0 Å². The van der Waals surface area contributed by atoms with Crippen LogP contribution in [0.25, 0.3) is 0 Å². The molecule has 158 valence electrons. The van der Waals surface area contributed by atoms with Gasteiger partial charge in [-0.1, -0.05) is 73.1 Å². The van der Waals surface area contributed by atoms with E-state index in [-0.39, 0.29) is 5.54 Å². The molecule has 0 radical (unpaired) electrons. The first-order chi connectivity index (χ1) is 13.0. The summed E-state index contributed by atoms with van der Waals surface area (Å²) in [5, 5.41) is 0. The lowest BCUT2D eigenvalue weighted by molar-refractivity contribution is 0.0453. The fraction of sp³-hybridized carbons (Fsp3) is 0.778. The molecule has 1 unspecified atom stereocenters. The lowest BCUT2D eigenvalue weighted by atomic mass is 9.58. The van der Waals surface area contributed by atoms with E-state index in [9.17, 15) is 0 Å². The fourth-order valence-electron chi connectivity index (χ4n) is 6.89. The highest BCUT2D eigenvalue weighted by molar-refractivity contribution is 5.64. The summed E-state index contributed by atoms with van der Waals surface area (Å²) >= 11 is 0. The Morgan fingerprint density at radius 1 is 0.929 bits per heavy atom. The van der Waals surface area contributed by atoms with Gasteiger partial charge in [-0.25, -0.2) is 0 Å². The molecule has 1 aromatic rings. The number of para-hydroxylation sites is 1. The van der Waals surface area contributed by atoms with Crippen molar-refractivity contribution in [3.05, 3.63) is 29.3 Å². The maximum absolute atomic E-state index is 2.85. The fourth-order valence-corrected chi connectivity index (χ4v) is 6.89. The van der Waals surface area contributed by atoms with E-state index in [0.29, 0.717) is 17.3 Å². The Bertz CT molecular complexity index is 657. The average molecular weight is 384 g/mol.